The number of carbonyl (C=O) groups excluding carboxylic acids is 2. The molecule has 0 amide bonds. The lowest BCUT2D eigenvalue weighted by molar-refractivity contribution is -0.141. The van der Waals surface area contributed by atoms with Crippen molar-refractivity contribution < 1.29 is 27.5 Å². The molecule has 21 heavy (non-hydrogen) atoms. The first kappa shape index (κ1) is 17.0. The van der Waals surface area contributed by atoms with Gasteiger partial charge in [-0.15, -0.1) is 0 Å². The highest BCUT2D eigenvalue weighted by atomic mass is 19.4. The van der Waals surface area contributed by atoms with Crippen LogP contribution in [0.3, 0.4) is 0 Å². The summed E-state index contributed by atoms with van der Waals surface area (Å²) in [4.78, 5) is 22.9. The first-order valence-corrected chi connectivity index (χ1v) is 6.11. The summed E-state index contributed by atoms with van der Waals surface area (Å²) in [6, 6.07) is 1.49. The average Bonchev–Trinajstić information content (AvgIpc) is 2.60. The van der Waals surface area contributed by atoms with E-state index < -0.39 is 24.5 Å². The van der Waals surface area contributed by atoms with Crippen LogP contribution in [-0.2, 0) is 20.9 Å². The summed E-state index contributed by atoms with van der Waals surface area (Å²) >= 11 is 0. The first-order valence-electron chi connectivity index (χ1n) is 6.11. The number of ether oxygens (including phenoxy) is 1. The highest BCUT2D eigenvalue weighted by molar-refractivity contribution is 6.19. The lowest BCUT2D eigenvalue weighted by atomic mass is 10.1. The molecule has 0 aliphatic rings. The van der Waals surface area contributed by atoms with E-state index in [2.05, 4.69) is 4.74 Å². The molecule has 0 saturated heterocycles. The summed E-state index contributed by atoms with van der Waals surface area (Å²) in [5.74, 6) is -1.33. The molecule has 0 N–H and O–H groups in total. The van der Waals surface area contributed by atoms with Gasteiger partial charge >= 0.3 is 12.1 Å². The Labute approximate surface area is 120 Å². The normalized spacial score (nSPS) is 12.4. The van der Waals surface area contributed by atoms with Crippen molar-refractivity contribution in [2.75, 3.05) is 7.11 Å². The molecule has 7 heteroatoms. The van der Waals surface area contributed by atoms with E-state index in [1.165, 1.54) is 32.9 Å². The number of aryl methyl sites for hydroxylation is 1. The van der Waals surface area contributed by atoms with Crippen LogP contribution in [0.5, 0.6) is 0 Å². The van der Waals surface area contributed by atoms with Crippen LogP contribution in [0.1, 0.15) is 23.9 Å². The number of methoxy groups -OCH3 is 1. The van der Waals surface area contributed by atoms with Crippen molar-refractivity contribution in [1.29, 1.82) is 0 Å². The maximum atomic E-state index is 12.5. The van der Waals surface area contributed by atoms with Gasteiger partial charge in [0.2, 0.25) is 0 Å². The molecular weight excluding hydrogens is 287 g/mol. The number of esters is 1. The summed E-state index contributed by atoms with van der Waals surface area (Å²) < 4.78 is 43.1. The van der Waals surface area contributed by atoms with Crippen molar-refractivity contribution in [3.8, 4) is 0 Å². The number of aromatic nitrogens is 1. The van der Waals surface area contributed by atoms with Gasteiger partial charge < -0.3 is 9.30 Å². The van der Waals surface area contributed by atoms with E-state index in [-0.39, 0.29) is 5.57 Å². The van der Waals surface area contributed by atoms with E-state index in [0.29, 0.717) is 17.0 Å². The Bertz CT molecular complexity index is 597. The van der Waals surface area contributed by atoms with Crippen LogP contribution >= 0.6 is 0 Å². The van der Waals surface area contributed by atoms with Crippen LogP contribution in [0.15, 0.2) is 11.6 Å². The minimum atomic E-state index is -4.35. The lowest BCUT2D eigenvalue weighted by Crippen LogP contribution is -2.19. The third-order valence-electron chi connectivity index (χ3n) is 3.03. The molecule has 0 spiro atoms. The van der Waals surface area contributed by atoms with E-state index in [1.807, 2.05) is 0 Å². The zero-order valence-electron chi connectivity index (χ0n) is 12.2. The van der Waals surface area contributed by atoms with Crippen molar-refractivity contribution in [1.82, 2.24) is 4.57 Å². The standard InChI is InChI=1S/C14H16F3NO3/c1-8-5-11(6-12(10(3)19)13(20)21-4)9(2)18(8)7-14(15,16)17/h5-6H,7H2,1-4H3/b12-6+. The molecule has 0 aliphatic carbocycles. The van der Waals surface area contributed by atoms with E-state index in [1.54, 1.807) is 0 Å². The second kappa shape index (κ2) is 6.15. The van der Waals surface area contributed by atoms with Gasteiger partial charge in [0.25, 0.3) is 0 Å². The molecule has 116 valence electrons. The molecule has 4 nitrogen and oxygen atoms in total. The molecule has 0 fully saturated rings. The molecule has 0 aliphatic heterocycles. The molecular formula is C14H16F3NO3. The predicted molar refractivity (Wildman–Crippen MR) is 70.6 cm³/mol. The number of carbonyl (C=O) groups is 2. The van der Waals surface area contributed by atoms with Crippen LogP contribution in [0.4, 0.5) is 13.2 Å². The Hall–Kier alpha value is -2.05. The number of hydrogen-bond acceptors (Lipinski definition) is 3. The Morgan fingerprint density at radius 2 is 1.90 bits per heavy atom. The Morgan fingerprint density at radius 1 is 1.33 bits per heavy atom. The topological polar surface area (TPSA) is 48.3 Å². The molecule has 1 aromatic heterocycles. The van der Waals surface area contributed by atoms with Crippen LogP contribution in [0, 0.1) is 13.8 Å². The summed E-state index contributed by atoms with van der Waals surface area (Å²) in [6.45, 7) is 3.10. The van der Waals surface area contributed by atoms with Gasteiger partial charge in [-0.05, 0) is 38.5 Å². The van der Waals surface area contributed by atoms with Crippen molar-refractivity contribution in [2.24, 2.45) is 0 Å². The molecule has 1 heterocycles. The maximum absolute atomic E-state index is 12.5. The highest BCUT2D eigenvalue weighted by Crippen LogP contribution is 2.24. The predicted octanol–water partition coefficient (Wildman–Crippen LogP) is 2.81. The first-order chi connectivity index (χ1) is 9.56. The SMILES string of the molecule is COC(=O)/C(=C/c1cc(C)n(CC(F)(F)F)c1C)C(C)=O. The molecule has 0 aromatic carbocycles. The van der Waals surface area contributed by atoms with Crippen LogP contribution in [-0.4, -0.2) is 29.6 Å². The summed E-state index contributed by atoms with van der Waals surface area (Å²) in [5, 5.41) is 0. The highest BCUT2D eigenvalue weighted by Gasteiger charge is 2.29. The van der Waals surface area contributed by atoms with Gasteiger partial charge in [-0.1, -0.05) is 0 Å². The van der Waals surface area contributed by atoms with Gasteiger partial charge in [-0.25, -0.2) is 4.79 Å². The van der Waals surface area contributed by atoms with Gasteiger partial charge in [0.15, 0.2) is 5.78 Å². The van der Waals surface area contributed by atoms with E-state index in [0.717, 1.165) is 11.7 Å². The van der Waals surface area contributed by atoms with Crippen molar-refractivity contribution >= 4 is 17.8 Å². The Kier molecular flexibility index (Phi) is 4.98. The molecule has 0 bridgehead atoms. The number of hydrogen-bond donors (Lipinski definition) is 0. The number of alkyl halides is 3. The third kappa shape index (κ3) is 4.21. The second-order valence-corrected chi connectivity index (χ2v) is 4.63. The fourth-order valence-electron chi connectivity index (χ4n) is 1.97. The van der Waals surface area contributed by atoms with Gasteiger partial charge in [-0.3, -0.25) is 4.79 Å². The summed E-state index contributed by atoms with van der Waals surface area (Å²) in [7, 11) is 1.13. The minimum absolute atomic E-state index is 0.204. The van der Waals surface area contributed by atoms with E-state index >= 15 is 0 Å². The number of nitrogens with zero attached hydrogens (tertiary/aromatic N) is 1. The molecule has 1 rings (SSSR count). The smallest absolute Gasteiger partial charge is 0.406 e. The van der Waals surface area contributed by atoms with E-state index in [9.17, 15) is 22.8 Å². The van der Waals surface area contributed by atoms with Gasteiger partial charge in [0.1, 0.15) is 12.1 Å². The maximum Gasteiger partial charge on any atom is 0.406 e. The monoisotopic (exact) mass is 303 g/mol. The Morgan fingerprint density at radius 3 is 2.33 bits per heavy atom. The molecule has 0 saturated carbocycles. The molecule has 1 aromatic rings. The fourth-order valence-corrected chi connectivity index (χ4v) is 1.97. The summed E-state index contributed by atoms with van der Waals surface area (Å²) in [5.41, 5.74) is 0.897. The fraction of sp³-hybridized carbons (Fsp3) is 0.429. The molecule has 0 radical (unpaired) electrons. The van der Waals surface area contributed by atoms with Gasteiger partial charge in [0.05, 0.1) is 7.11 Å². The van der Waals surface area contributed by atoms with E-state index in [4.69, 9.17) is 0 Å². The second-order valence-electron chi connectivity index (χ2n) is 4.63. The van der Waals surface area contributed by atoms with Crippen molar-refractivity contribution in [3.63, 3.8) is 0 Å². The number of Topliss-reactive ketones (excluding diaryl/α,β-unsaturated/α-hetero) is 1. The largest absolute Gasteiger partial charge is 0.465 e. The van der Waals surface area contributed by atoms with Crippen LogP contribution < -0.4 is 0 Å². The molecule has 0 unspecified atom stereocenters. The Balaban J connectivity index is 3.29. The number of rotatable bonds is 4. The van der Waals surface area contributed by atoms with Crippen molar-refractivity contribution in [3.05, 3.63) is 28.6 Å². The lowest BCUT2D eigenvalue weighted by Gasteiger charge is -2.12. The van der Waals surface area contributed by atoms with Gasteiger partial charge in [-0.2, -0.15) is 13.2 Å². The average molecular weight is 303 g/mol. The zero-order valence-corrected chi connectivity index (χ0v) is 12.2. The summed E-state index contributed by atoms with van der Waals surface area (Å²) in [6.07, 6.45) is -3.09. The van der Waals surface area contributed by atoms with Gasteiger partial charge in [0, 0.05) is 11.4 Å². The number of ketones is 1. The third-order valence-corrected chi connectivity index (χ3v) is 3.03. The van der Waals surface area contributed by atoms with Crippen molar-refractivity contribution in [2.45, 2.75) is 33.5 Å². The quantitative estimate of drug-likeness (QED) is 0.372. The zero-order chi connectivity index (χ0) is 16.4. The molecule has 0 atom stereocenters. The van der Waals surface area contributed by atoms with Crippen LogP contribution in [0.25, 0.3) is 6.08 Å². The van der Waals surface area contributed by atoms with Crippen LogP contribution in [0.2, 0.25) is 0 Å². The number of halogens is 3. The minimum Gasteiger partial charge on any atom is -0.465 e.